The predicted octanol–water partition coefficient (Wildman–Crippen LogP) is 1.37. The third kappa shape index (κ3) is 6.53. The molecule has 1 heterocycles. The summed E-state index contributed by atoms with van der Waals surface area (Å²) in [5.41, 5.74) is 17.4. The van der Waals surface area contributed by atoms with Gasteiger partial charge in [0.15, 0.2) is 5.75 Å². The average molecular weight is 379 g/mol. The Labute approximate surface area is 163 Å². The lowest BCUT2D eigenvalue weighted by Crippen LogP contribution is -2.14. The Hall–Kier alpha value is -3.74. The zero-order valence-corrected chi connectivity index (χ0v) is 15.1. The number of nitrogens with two attached hydrogens (primary N) is 3. The number of rotatable bonds is 5. The van der Waals surface area contributed by atoms with Crippen molar-refractivity contribution in [2.45, 2.75) is 19.2 Å². The summed E-state index contributed by atoms with van der Waals surface area (Å²) in [7, 11) is 1.19. The molecule has 0 bridgehead atoms. The molecular weight excluding hydrogens is 359 g/mol. The molecule has 143 valence electrons. The van der Waals surface area contributed by atoms with Gasteiger partial charge in [0.2, 0.25) is 5.91 Å². The van der Waals surface area contributed by atoms with E-state index >= 15 is 0 Å². The Morgan fingerprint density at radius 2 is 1.89 bits per heavy atom. The normalized spacial score (nSPS) is 12.0. The van der Waals surface area contributed by atoms with E-state index in [0.717, 1.165) is 12.8 Å². The fourth-order valence-electron chi connectivity index (χ4n) is 1.97. The van der Waals surface area contributed by atoms with Crippen LogP contribution in [-0.4, -0.2) is 24.1 Å². The number of carbonyl (C=O) groups is 2. The summed E-state index contributed by atoms with van der Waals surface area (Å²) < 4.78 is 5.11. The van der Waals surface area contributed by atoms with Crippen LogP contribution in [0.2, 0.25) is 6.32 Å². The third-order valence-corrected chi connectivity index (χ3v) is 3.64. The topological polar surface area (TPSA) is 170 Å². The summed E-state index contributed by atoms with van der Waals surface area (Å²) in [6.45, 7) is 0. The van der Waals surface area contributed by atoms with E-state index in [9.17, 15) is 9.59 Å². The SMILES string of the molecule is N#C[B]CC(=O)Nc1ccc(N)c(N)n1.Nc1ccccc1OC(=O)C1CC1. The first-order valence-electron chi connectivity index (χ1n) is 8.50. The van der Waals surface area contributed by atoms with Crippen LogP contribution >= 0.6 is 0 Å². The van der Waals surface area contributed by atoms with Crippen LogP contribution in [0.4, 0.5) is 23.0 Å². The minimum atomic E-state index is -0.326. The van der Waals surface area contributed by atoms with Gasteiger partial charge in [-0.2, -0.15) is 0 Å². The number of amides is 1. The number of ether oxygens (including phenoxy) is 1. The molecule has 28 heavy (non-hydrogen) atoms. The molecule has 9 nitrogen and oxygen atoms in total. The number of nitrogen functional groups attached to an aromatic ring is 3. The fraction of sp³-hybridized carbons (Fsp3) is 0.222. The van der Waals surface area contributed by atoms with Gasteiger partial charge in [-0.15, -0.1) is 0 Å². The number of aromatic nitrogens is 1. The van der Waals surface area contributed by atoms with Crippen molar-refractivity contribution in [3.63, 3.8) is 0 Å². The second-order valence-corrected chi connectivity index (χ2v) is 5.99. The molecule has 0 spiro atoms. The number of carbonyl (C=O) groups excluding carboxylic acids is 2. The van der Waals surface area contributed by atoms with E-state index in [2.05, 4.69) is 10.3 Å². The Morgan fingerprint density at radius 1 is 1.18 bits per heavy atom. The highest BCUT2D eigenvalue weighted by Gasteiger charge is 2.31. The van der Waals surface area contributed by atoms with Crippen LogP contribution < -0.4 is 27.3 Å². The molecule has 1 fully saturated rings. The molecule has 0 unspecified atom stereocenters. The van der Waals surface area contributed by atoms with Crippen LogP contribution in [0.1, 0.15) is 12.8 Å². The van der Waals surface area contributed by atoms with Crippen LogP contribution in [0.5, 0.6) is 5.75 Å². The predicted molar refractivity (Wildman–Crippen MR) is 107 cm³/mol. The van der Waals surface area contributed by atoms with Gasteiger partial charge in [0.1, 0.15) is 11.6 Å². The summed E-state index contributed by atoms with van der Waals surface area (Å²) in [5.74, 6) is 2.34. The van der Waals surface area contributed by atoms with Crippen LogP contribution in [-0.2, 0) is 9.59 Å². The molecule has 1 aromatic heterocycles. The Kier molecular flexibility index (Phi) is 7.22. The molecule has 1 saturated carbocycles. The molecule has 7 N–H and O–H groups in total. The van der Waals surface area contributed by atoms with Crippen molar-refractivity contribution in [3.05, 3.63) is 36.4 Å². The number of hydrogen-bond donors (Lipinski definition) is 4. The largest absolute Gasteiger partial charge is 0.424 e. The molecule has 2 aromatic rings. The number of nitrogens with one attached hydrogen (secondary N) is 1. The summed E-state index contributed by atoms with van der Waals surface area (Å²) in [6, 6.07) is 10.1. The molecule has 0 aliphatic heterocycles. The number of nitriles is 1. The second kappa shape index (κ2) is 9.82. The Bertz CT molecular complexity index is 895. The second-order valence-electron chi connectivity index (χ2n) is 5.99. The number of anilines is 4. The maximum atomic E-state index is 11.2. The van der Waals surface area contributed by atoms with Crippen molar-refractivity contribution < 1.29 is 14.3 Å². The number of esters is 1. The van der Waals surface area contributed by atoms with Gasteiger partial charge in [-0.05, 0) is 43.1 Å². The third-order valence-electron chi connectivity index (χ3n) is 3.64. The molecule has 1 radical (unpaired) electrons. The number of nitrogens with zero attached hydrogens (tertiary/aromatic N) is 2. The molecule has 3 rings (SSSR count). The number of benzene rings is 1. The van der Waals surface area contributed by atoms with Gasteiger partial charge in [0.05, 0.1) is 17.3 Å². The standard InChI is InChI=1S/C10H11NO2.C8H9BN5O/c11-8-3-1-2-4-9(8)13-10(12)7-5-6-7;10-4-9-3-7(15)13-6-2-1-5(11)8(12)14-6/h1-4,7H,5-6,11H2;1-2H,3,11H2,(H3,12,13,14,15). The first-order chi connectivity index (χ1) is 13.4. The zero-order chi connectivity index (χ0) is 20.5. The quantitative estimate of drug-likeness (QED) is 0.261. The highest BCUT2D eigenvalue weighted by molar-refractivity contribution is 6.50. The van der Waals surface area contributed by atoms with Gasteiger partial charge in [0, 0.05) is 6.32 Å². The van der Waals surface area contributed by atoms with Crippen molar-refractivity contribution in [2.75, 3.05) is 22.5 Å². The molecule has 0 saturated heterocycles. The number of hydrogen-bond acceptors (Lipinski definition) is 8. The Morgan fingerprint density at radius 3 is 2.50 bits per heavy atom. The zero-order valence-electron chi connectivity index (χ0n) is 15.1. The molecule has 0 atom stereocenters. The van der Waals surface area contributed by atoms with E-state index in [1.54, 1.807) is 30.2 Å². The van der Waals surface area contributed by atoms with Gasteiger partial charge in [-0.1, -0.05) is 12.1 Å². The minimum absolute atomic E-state index is 0.0163. The van der Waals surface area contributed by atoms with E-state index in [0.29, 0.717) is 22.9 Å². The van der Waals surface area contributed by atoms with Crippen LogP contribution in [0.15, 0.2) is 36.4 Å². The van der Waals surface area contributed by atoms with Gasteiger partial charge < -0.3 is 27.3 Å². The highest BCUT2D eigenvalue weighted by Crippen LogP contribution is 2.31. The van der Waals surface area contributed by atoms with Crippen molar-refractivity contribution in [2.24, 2.45) is 5.92 Å². The Balaban J connectivity index is 0.000000202. The summed E-state index contributed by atoms with van der Waals surface area (Å²) in [6.07, 6.45) is 1.92. The van der Waals surface area contributed by atoms with Crippen LogP contribution in [0.25, 0.3) is 0 Å². The van der Waals surface area contributed by atoms with Crippen LogP contribution in [0.3, 0.4) is 0 Å². The van der Waals surface area contributed by atoms with Crippen LogP contribution in [0, 0.1) is 17.1 Å². The minimum Gasteiger partial charge on any atom is -0.424 e. The van der Waals surface area contributed by atoms with Crippen molar-refractivity contribution >= 4 is 42.2 Å². The highest BCUT2D eigenvalue weighted by atomic mass is 16.5. The monoisotopic (exact) mass is 379 g/mol. The maximum absolute atomic E-state index is 11.2. The molecule has 1 aromatic carbocycles. The summed E-state index contributed by atoms with van der Waals surface area (Å²) in [5, 5.41) is 10.7. The first-order valence-corrected chi connectivity index (χ1v) is 8.50. The van der Waals surface area contributed by atoms with E-state index in [1.165, 1.54) is 13.3 Å². The smallest absolute Gasteiger partial charge is 0.314 e. The van der Waals surface area contributed by atoms with Gasteiger partial charge in [-0.25, -0.2) is 10.2 Å². The lowest BCUT2D eigenvalue weighted by atomic mass is 9.77. The number of para-hydroxylation sites is 2. The fourth-order valence-corrected chi connectivity index (χ4v) is 1.97. The summed E-state index contributed by atoms with van der Waals surface area (Å²) >= 11 is 0. The lowest BCUT2D eigenvalue weighted by Gasteiger charge is -2.04. The maximum Gasteiger partial charge on any atom is 0.314 e. The van der Waals surface area contributed by atoms with Crippen molar-refractivity contribution in [3.8, 4) is 11.7 Å². The van der Waals surface area contributed by atoms with E-state index in [1.807, 2.05) is 6.07 Å². The van der Waals surface area contributed by atoms with E-state index in [-0.39, 0.29) is 29.9 Å². The molecule has 10 heteroatoms. The number of pyridine rings is 1. The molecule has 1 aliphatic carbocycles. The molecular formula is C18H20BN6O3. The van der Waals surface area contributed by atoms with Crippen molar-refractivity contribution in [1.82, 2.24) is 4.98 Å². The molecule has 1 amide bonds. The van der Waals surface area contributed by atoms with Gasteiger partial charge >= 0.3 is 5.97 Å². The average Bonchev–Trinajstić information content (AvgIpc) is 3.51. The first kappa shape index (κ1) is 20.6. The van der Waals surface area contributed by atoms with E-state index in [4.69, 9.17) is 27.2 Å². The van der Waals surface area contributed by atoms with Gasteiger partial charge in [-0.3, -0.25) is 9.59 Å². The molecule has 1 aliphatic rings. The van der Waals surface area contributed by atoms with Gasteiger partial charge in [0.25, 0.3) is 7.28 Å². The van der Waals surface area contributed by atoms with Crippen molar-refractivity contribution in [1.29, 1.82) is 5.26 Å². The van der Waals surface area contributed by atoms with E-state index < -0.39 is 0 Å². The lowest BCUT2D eigenvalue weighted by molar-refractivity contribution is -0.135. The summed E-state index contributed by atoms with van der Waals surface area (Å²) in [4.78, 5) is 26.3.